The molecule has 6 heteroatoms. The fraction of sp³-hybridized carbons (Fsp3) is 0.400. The summed E-state index contributed by atoms with van der Waals surface area (Å²) in [4.78, 5) is 8.61. The van der Waals surface area contributed by atoms with Crippen molar-refractivity contribution in [1.82, 2.24) is 15.6 Å². The first kappa shape index (κ1) is 18.0. The Balaban J connectivity index is 1.56. The van der Waals surface area contributed by atoms with E-state index in [0.29, 0.717) is 0 Å². The zero-order chi connectivity index (χ0) is 18.4. The largest absolute Gasteiger partial charge is 0.487 e. The smallest absolute Gasteiger partial charge is 0.191 e. The van der Waals surface area contributed by atoms with Crippen LogP contribution in [0.2, 0.25) is 0 Å². The number of nitrogens with zero attached hydrogens (tertiary/aromatic N) is 2. The third-order valence-corrected chi connectivity index (χ3v) is 4.30. The molecule has 1 aliphatic rings. The molecule has 0 fully saturated rings. The predicted molar refractivity (Wildman–Crippen MR) is 106 cm³/mol. The molecule has 0 saturated heterocycles. The van der Waals surface area contributed by atoms with Gasteiger partial charge in [0.25, 0.3) is 0 Å². The molecule has 0 aliphatic carbocycles. The van der Waals surface area contributed by atoms with Gasteiger partial charge in [-0.3, -0.25) is 4.99 Å². The fourth-order valence-electron chi connectivity index (χ4n) is 3.13. The lowest BCUT2D eigenvalue weighted by molar-refractivity contribution is 0.0694. The van der Waals surface area contributed by atoms with E-state index in [0.717, 1.165) is 37.0 Å². The van der Waals surface area contributed by atoms with Crippen LogP contribution in [0.4, 0.5) is 5.82 Å². The summed E-state index contributed by atoms with van der Waals surface area (Å²) in [7, 11) is 1.79. The van der Waals surface area contributed by atoms with Gasteiger partial charge in [0.15, 0.2) is 5.96 Å². The molecule has 0 saturated carbocycles. The van der Waals surface area contributed by atoms with Gasteiger partial charge in [0.2, 0.25) is 0 Å². The normalized spacial score (nSPS) is 18.4. The van der Waals surface area contributed by atoms with Crippen LogP contribution in [0.1, 0.15) is 31.9 Å². The van der Waals surface area contributed by atoms with Gasteiger partial charge in [-0.1, -0.05) is 24.3 Å². The predicted octanol–water partition coefficient (Wildman–Crippen LogP) is 2.96. The molecule has 3 N–H and O–H groups in total. The Hall–Kier alpha value is -2.76. The number of para-hydroxylation sites is 1. The molecule has 1 atom stereocenters. The van der Waals surface area contributed by atoms with Crippen LogP contribution >= 0.6 is 0 Å². The van der Waals surface area contributed by atoms with Crippen LogP contribution < -0.4 is 20.7 Å². The van der Waals surface area contributed by atoms with Crippen LogP contribution in [0.15, 0.2) is 53.7 Å². The van der Waals surface area contributed by atoms with Crippen molar-refractivity contribution in [2.75, 3.05) is 25.5 Å². The molecule has 138 valence electrons. The van der Waals surface area contributed by atoms with Crippen LogP contribution in [0.5, 0.6) is 5.75 Å². The number of nitrogens with one attached hydrogen (secondary N) is 3. The highest BCUT2D eigenvalue weighted by molar-refractivity contribution is 5.80. The van der Waals surface area contributed by atoms with E-state index in [9.17, 15) is 0 Å². The number of aromatic nitrogens is 1. The van der Waals surface area contributed by atoms with Crippen LogP contribution in [-0.4, -0.2) is 36.7 Å². The number of fused-ring (bicyclic) bond motifs is 1. The molecule has 1 unspecified atom stereocenters. The van der Waals surface area contributed by atoms with E-state index in [1.807, 2.05) is 36.4 Å². The van der Waals surface area contributed by atoms with Crippen LogP contribution in [-0.2, 0) is 0 Å². The quantitative estimate of drug-likeness (QED) is 0.438. The van der Waals surface area contributed by atoms with Gasteiger partial charge in [0.05, 0.1) is 6.04 Å². The average Bonchev–Trinajstić information content (AvgIpc) is 2.64. The van der Waals surface area contributed by atoms with Gasteiger partial charge in [-0.25, -0.2) is 4.98 Å². The highest BCUT2D eigenvalue weighted by atomic mass is 16.5. The molecular weight excluding hydrogens is 326 g/mol. The Bertz CT molecular complexity index is 745. The van der Waals surface area contributed by atoms with Gasteiger partial charge in [-0.05, 0) is 32.0 Å². The number of ether oxygens (including phenoxy) is 1. The summed E-state index contributed by atoms with van der Waals surface area (Å²) >= 11 is 0. The molecular formula is C20H27N5O. The molecule has 0 spiro atoms. The minimum Gasteiger partial charge on any atom is -0.487 e. The minimum absolute atomic E-state index is 0.157. The Morgan fingerprint density at radius 1 is 1.19 bits per heavy atom. The second-order valence-electron chi connectivity index (χ2n) is 6.94. The molecule has 2 aromatic rings. The number of aliphatic imine (C=N–C) groups is 1. The maximum Gasteiger partial charge on any atom is 0.191 e. The van der Waals surface area contributed by atoms with Crippen molar-refractivity contribution in [3.63, 3.8) is 0 Å². The molecule has 6 nitrogen and oxygen atoms in total. The van der Waals surface area contributed by atoms with E-state index in [1.54, 1.807) is 13.2 Å². The Labute approximate surface area is 155 Å². The van der Waals surface area contributed by atoms with Crippen molar-refractivity contribution in [3.05, 3.63) is 54.2 Å². The third-order valence-electron chi connectivity index (χ3n) is 4.30. The van der Waals surface area contributed by atoms with Crippen molar-refractivity contribution in [1.29, 1.82) is 0 Å². The van der Waals surface area contributed by atoms with E-state index in [4.69, 9.17) is 4.74 Å². The van der Waals surface area contributed by atoms with E-state index < -0.39 is 0 Å². The molecule has 0 amide bonds. The molecule has 26 heavy (non-hydrogen) atoms. The van der Waals surface area contributed by atoms with Gasteiger partial charge < -0.3 is 20.7 Å². The Kier molecular flexibility index (Phi) is 5.61. The molecule has 1 aromatic carbocycles. The van der Waals surface area contributed by atoms with E-state index in [1.165, 1.54) is 5.56 Å². The number of guanidine groups is 1. The maximum atomic E-state index is 6.10. The summed E-state index contributed by atoms with van der Waals surface area (Å²) in [5, 5.41) is 10.2. The van der Waals surface area contributed by atoms with Crippen molar-refractivity contribution in [2.24, 2.45) is 4.99 Å². The summed E-state index contributed by atoms with van der Waals surface area (Å²) in [6.07, 6.45) is 2.65. The van der Waals surface area contributed by atoms with Crippen molar-refractivity contribution in [2.45, 2.75) is 31.9 Å². The topological polar surface area (TPSA) is 70.6 Å². The first-order valence-corrected chi connectivity index (χ1v) is 8.97. The molecule has 1 aromatic heterocycles. The number of hydrogen-bond acceptors (Lipinski definition) is 4. The molecule has 0 bridgehead atoms. The molecule has 1 aliphatic heterocycles. The number of rotatable bonds is 5. The zero-order valence-electron chi connectivity index (χ0n) is 15.6. The summed E-state index contributed by atoms with van der Waals surface area (Å²) in [6, 6.07) is 14.2. The van der Waals surface area contributed by atoms with Crippen molar-refractivity contribution < 1.29 is 4.74 Å². The second-order valence-corrected chi connectivity index (χ2v) is 6.94. The number of pyridine rings is 1. The lowest BCUT2D eigenvalue weighted by atomic mass is 9.90. The van der Waals surface area contributed by atoms with Gasteiger partial charge >= 0.3 is 0 Å². The minimum atomic E-state index is -0.217. The summed E-state index contributed by atoms with van der Waals surface area (Å²) in [5.74, 6) is 2.59. The van der Waals surface area contributed by atoms with Crippen molar-refractivity contribution >= 4 is 11.8 Å². The Morgan fingerprint density at radius 3 is 2.77 bits per heavy atom. The number of anilines is 1. The lowest BCUT2D eigenvalue weighted by Gasteiger charge is -2.38. The highest BCUT2D eigenvalue weighted by Crippen LogP contribution is 2.39. The van der Waals surface area contributed by atoms with E-state index >= 15 is 0 Å². The Morgan fingerprint density at radius 2 is 2.00 bits per heavy atom. The average molecular weight is 353 g/mol. The summed E-state index contributed by atoms with van der Waals surface area (Å²) in [6.45, 7) is 5.73. The van der Waals surface area contributed by atoms with Gasteiger partial charge in [-0.2, -0.15) is 0 Å². The summed E-state index contributed by atoms with van der Waals surface area (Å²) in [5.41, 5.74) is 0.951. The zero-order valence-corrected chi connectivity index (χ0v) is 15.6. The first-order chi connectivity index (χ1) is 12.6. The van der Waals surface area contributed by atoms with Crippen molar-refractivity contribution in [3.8, 4) is 5.75 Å². The monoisotopic (exact) mass is 353 g/mol. The molecule has 0 radical (unpaired) electrons. The SMILES string of the molecule is CN=C(NCCNc1ccccn1)NC1CC(C)(C)Oc2ccccc21. The van der Waals surface area contributed by atoms with Crippen LogP contribution in [0, 0.1) is 0 Å². The third kappa shape index (κ3) is 4.65. The van der Waals surface area contributed by atoms with Gasteiger partial charge in [0, 0.05) is 38.3 Å². The number of benzene rings is 1. The number of hydrogen-bond donors (Lipinski definition) is 3. The lowest BCUT2D eigenvalue weighted by Crippen LogP contribution is -2.46. The summed E-state index contributed by atoms with van der Waals surface area (Å²) < 4.78 is 6.10. The maximum absolute atomic E-state index is 6.10. The van der Waals surface area contributed by atoms with E-state index in [2.05, 4.69) is 45.8 Å². The van der Waals surface area contributed by atoms with Crippen LogP contribution in [0.25, 0.3) is 0 Å². The standard InChI is InChI=1S/C20H27N5O/c1-20(2)14-16(15-8-4-5-9-17(15)26-20)25-19(21-3)24-13-12-23-18-10-6-7-11-22-18/h4-11,16H,12-14H2,1-3H3,(H,22,23)(H2,21,24,25). The van der Waals surface area contributed by atoms with Crippen LogP contribution in [0.3, 0.4) is 0 Å². The highest BCUT2D eigenvalue weighted by Gasteiger charge is 2.33. The van der Waals surface area contributed by atoms with Gasteiger partial charge in [-0.15, -0.1) is 0 Å². The second kappa shape index (κ2) is 8.08. The van der Waals surface area contributed by atoms with E-state index in [-0.39, 0.29) is 11.6 Å². The molecule has 2 heterocycles. The molecule has 3 rings (SSSR count). The first-order valence-electron chi connectivity index (χ1n) is 8.97. The fourth-order valence-corrected chi connectivity index (χ4v) is 3.13. The van der Waals surface area contributed by atoms with Gasteiger partial charge in [0.1, 0.15) is 17.2 Å².